The molecular formula is C29H29BN2O. The first kappa shape index (κ1) is 22.8. The molecule has 0 atom stereocenters. The molecule has 0 spiro atoms. The van der Waals surface area contributed by atoms with Gasteiger partial charge in [0, 0.05) is 33.2 Å². The van der Waals surface area contributed by atoms with Crippen molar-refractivity contribution < 1.29 is 4.79 Å². The van der Waals surface area contributed by atoms with Gasteiger partial charge in [-0.05, 0) is 51.2 Å². The molecule has 0 bridgehead atoms. The molecule has 3 nitrogen and oxygen atoms in total. The molecule has 4 heteroatoms. The largest absolute Gasteiger partial charge is 0.342 e. The zero-order valence-corrected chi connectivity index (χ0v) is 19.2. The number of carbonyl (C=O) groups excluding carboxylic acids is 1. The number of hydrogen-bond acceptors (Lipinski definition) is 2. The van der Waals surface area contributed by atoms with Crippen molar-refractivity contribution in [1.82, 2.24) is 9.80 Å². The maximum atomic E-state index is 11.9. The summed E-state index contributed by atoms with van der Waals surface area (Å²) in [5.41, 5.74) is 3.26. The summed E-state index contributed by atoms with van der Waals surface area (Å²) in [6.07, 6.45) is 2.23. The van der Waals surface area contributed by atoms with Crippen molar-refractivity contribution >= 4 is 40.8 Å². The monoisotopic (exact) mass is 432 g/mol. The van der Waals surface area contributed by atoms with Gasteiger partial charge in [-0.1, -0.05) is 84.8 Å². The van der Waals surface area contributed by atoms with Crippen molar-refractivity contribution in [2.75, 3.05) is 20.1 Å². The Labute approximate surface area is 197 Å². The molecule has 0 N–H and O–H groups in total. The van der Waals surface area contributed by atoms with Gasteiger partial charge in [-0.25, -0.2) is 0 Å². The van der Waals surface area contributed by atoms with Crippen LogP contribution in [0.15, 0.2) is 91.5 Å². The maximum Gasteiger partial charge on any atom is 0.245 e. The first-order valence-corrected chi connectivity index (χ1v) is 11.4. The second kappa shape index (κ2) is 10.5. The number of rotatable bonds is 9. The van der Waals surface area contributed by atoms with Crippen LogP contribution in [0.5, 0.6) is 0 Å². The molecule has 4 aromatic carbocycles. The van der Waals surface area contributed by atoms with E-state index in [1.54, 1.807) is 4.90 Å². The van der Waals surface area contributed by atoms with Gasteiger partial charge in [0.1, 0.15) is 7.85 Å². The Hall–Kier alpha value is -3.37. The van der Waals surface area contributed by atoms with Gasteiger partial charge < -0.3 is 4.90 Å². The lowest BCUT2D eigenvalue weighted by Crippen LogP contribution is -2.31. The Morgan fingerprint density at radius 1 is 0.879 bits per heavy atom. The van der Waals surface area contributed by atoms with Crippen LogP contribution in [0.1, 0.15) is 17.5 Å². The molecule has 0 heterocycles. The van der Waals surface area contributed by atoms with Gasteiger partial charge in [0.2, 0.25) is 5.91 Å². The molecule has 164 valence electrons. The molecular weight excluding hydrogens is 403 g/mol. The van der Waals surface area contributed by atoms with Crippen molar-refractivity contribution in [3.8, 4) is 0 Å². The highest BCUT2D eigenvalue weighted by Gasteiger charge is 2.14. The minimum atomic E-state index is -0.0473. The molecule has 2 radical (unpaired) electrons. The van der Waals surface area contributed by atoms with Crippen molar-refractivity contribution in [2.24, 2.45) is 0 Å². The van der Waals surface area contributed by atoms with Crippen LogP contribution in [0.25, 0.3) is 21.5 Å². The highest BCUT2D eigenvalue weighted by Crippen LogP contribution is 2.30. The molecule has 0 aromatic heterocycles. The second-order valence-electron chi connectivity index (χ2n) is 8.52. The molecule has 33 heavy (non-hydrogen) atoms. The minimum absolute atomic E-state index is 0.0473. The number of hydrogen-bond donors (Lipinski definition) is 0. The van der Waals surface area contributed by atoms with Gasteiger partial charge >= 0.3 is 0 Å². The van der Waals surface area contributed by atoms with E-state index in [0.29, 0.717) is 6.54 Å². The molecule has 0 aliphatic heterocycles. The van der Waals surface area contributed by atoms with Crippen LogP contribution < -0.4 is 5.46 Å². The van der Waals surface area contributed by atoms with Gasteiger partial charge in [0.25, 0.3) is 0 Å². The lowest BCUT2D eigenvalue weighted by molar-refractivity contribution is -0.124. The normalized spacial score (nSPS) is 11.2. The van der Waals surface area contributed by atoms with E-state index in [0.717, 1.165) is 37.1 Å². The Kier molecular flexibility index (Phi) is 7.26. The van der Waals surface area contributed by atoms with E-state index in [2.05, 4.69) is 72.1 Å². The first-order valence-electron chi connectivity index (χ1n) is 11.4. The molecule has 0 saturated heterocycles. The summed E-state index contributed by atoms with van der Waals surface area (Å²) in [7, 11) is 8.11. The van der Waals surface area contributed by atoms with E-state index in [9.17, 15) is 4.79 Å². The molecule has 0 unspecified atom stereocenters. The van der Waals surface area contributed by atoms with Gasteiger partial charge in [0.05, 0.1) is 0 Å². The molecule has 0 aliphatic rings. The fourth-order valence-electron chi connectivity index (χ4n) is 4.43. The third-order valence-corrected chi connectivity index (χ3v) is 6.23. The number of likely N-dealkylation sites (N-methyl/N-ethyl adjacent to an activating group) is 1. The van der Waals surface area contributed by atoms with Crippen LogP contribution in [0.2, 0.25) is 0 Å². The van der Waals surface area contributed by atoms with Crippen molar-refractivity contribution in [3.05, 3.63) is 103 Å². The van der Waals surface area contributed by atoms with E-state index in [1.165, 1.54) is 33.2 Å². The average Bonchev–Trinajstić information content (AvgIpc) is 2.84. The Morgan fingerprint density at radius 3 is 2.12 bits per heavy atom. The third-order valence-electron chi connectivity index (χ3n) is 6.23. The maximum absolute atomic E-state index is 11.9. The van der Waals surface area contributed by atoms with Crippen LogP contribution in [0.4, 0.5) is 0 Å². The summed E-state index contributed by atoms with van der Waals surface area (Å²) in [6, 6.07) is 27.5. The fraction of sp³-hybridized carbons (Fsp3) is 0.207. The SMILES string of the molecule is [B]c1ccccc1CN(CCCN(C)C(=O)C=C)Cc1c2ccccc2cc2ccccc12. The van der Waals surface area contributed by atoms with Crippen LogP contribution >= 0.6 is 0 Å². The first-order chi connectivity index (χ1) is 16.1. The summed E-state index contributed by atoms with van der Waals surface area (Å²) in [4.78, 5) is 16.0. The average molecular weight is 432 g/mol. The highest BCUT2D eigenvalue weighted by molar-refractivity contribution is 6.33. The van der Waals surface area contributed by atoms with E-state index in [1.807, 2.05) is 25.2 Å². The Balaban J connectivity index is 1.66. The van der Waals surface area contributed by atoms with E-state index < -0.39 is 0 Å². The van der Waals surface area contributed by atoms with Gasteiger partial charge in [-0.2, -0.15) is 0 Å². The van der Waals surface area contributed by atoms with Crippen LogP contribution in [-0.4, -0.2) is 43.7 Å². The van der Waals surface area contributed by atoms with Gasteiger partial charge in [0.15, 0.2) is 0 Å². The summed E-state index contributed by atoms with van der Waals surface area (Å²) < 4.78 is 0. The van der Waals surface area contributed by atoms with Gasteiger partial charge in [-0.3, -0.25) is 9.69 Å². The summed E-state index contributed by atoms with van der Waals surface area (Å²) in [5.74, 6) is -0.0473. The molecule has 0 fully saturated rings. The number of carbonyl (C=O) groups is 1. The lowest BCUT2D eigenvalue weighted by Gasteiger charge is -2.26. The number of fused-ring (bicyclic) bond motifs is 2. The quantitative estimate of drug-likeness (QED) is 0.215. The zero-order chi connectivity index (χ0) is 23.2. The molecule has 1 amide bonds. The molecule has 0 aliphatic carbocycles. The topological polar surface area (TPSA) is 23.6 Å². The predicted octanol–water partition coefficient (Wildman–Crippen LogP) is 4.82. The summed E-state index contributed by atoms with van der Waals surface area (Å²) in [6.45, 7) is 6.67. The van der Waals surface area contributed by atoms with Crippen molar-refractivity contribution in [2.45, 2.75) is 19.5 Å². The van der Waals surface area contributed by atoms with Crippen molar-refractivity contribution in [3.63, 3.8) is 0 Å². The summed E-state index contributed by atoms with van der Waals surface area (Å²) >= 11 is 0. The predicted molar refractivity (Wildman–Crippen MR) is 140 cm³/mol. The van der Waals surface area contributed by atoms with Crippen LogP contribution in [0, 0.1) is 0 Å². The smallest absolute Gasteiger partial charge is 0.245 e. The summed E-state index contributed by atoms with van der Waals surface area (Å²) in [5, 5.41) is 5.06. The Morgan fingerprint density at radius 2 is 1.48 bits per heavy atom. The van der Waals surface area contributed by atoms with Gasteiger partial charge in [-0.15, -0.1) is 0 Å². The number of amides is 1. The van der Waals surface area contributed by atoms with E-state index in [-0.39, 0.29) is 5.91 Å². The molecule has 4 aromatic rings. The van der Waals surface area contributed by atoms with Crippen LogP contribution in [0.3, 0.4) is 0 Å². The van der Waals surface area contributed by atoms with Crippen molar-refractivity contribution in [1.29, 1.82) is 0 Å². The number of nitrogens with zero attached hydrogens (tertiary/aromatic N) is 2. The zero-order valence-electron chi connectivity index (χ0n) is 19.2. The van der Waals surface area contributed by atoms with E-state index >= 15 is 0 Å². The molecule has 4 rings (SSSR count). The highest BCUT2D eigenvalue weighted by atomic mass is 16.2. The lowest BCUT2D eigenvalue weighted by atomic mass is 9.90. The van der Waals surface area contributed by atoms with E-state index in [4.69, 9.17) is 7.85 Å². The Bertz CT molecular complexity index is 1230. The number of benzene rings is 4. The third kappa shape index (κ3) is 5.35. The fourth-order valence-corrected chi connectivity index (χ4v) is 4.43. The second-order valence-corrected chi connectivity index (χ2v) is 8.52. The molecule has 0 saturated carbocycles. The van der Waals surface area contributed by atoms with Crippen LogP contribution in [-0.2, 0) is 17.9 Å². The minimum Gasteiger partial charge on any atom is -0.342 e. The standard InChI is InChI=1S/C29H29BN2O/c1-3-29(33)31(2)17-10-18-32(20-24-13-6-9-16-28(24)30)21-27-25-14-7-4-11-22(25)19-23-12-5-8-15-26(23)27/h3-9,11-16,19H,1,10,17-18,20-21H2,2H3.